The Morgan fingerprint density at radius 1 is 0.870 bits per heavy atom. The number of hydrogen-bond donors (Lipinski definition) is 0. The van der Waals surface area contributed by atoms with Gasteiger partial charge in [0, 0.05) is 0 Å². The highest BCUT2D eigenvalue weighted by Crippen LogP contribution is 2.24. The molecule has 126 valence electrons. The maximum absolute atomic E-state index is 5.95. The minimum Gasteiger partial charge on any atom is -0.491 e. The van der Waals surface area contributed by atoms with Crippen molar-refractivity contribution < 1.29 is 28.4 Å². The fraction of sp³-hybridized carbons (Fsp3) is 0.647. The second-order valence-electron chi connectivity index (χ2n) is 6.11. The molecule has 0 amide bonds. The Hall–Kier alpha value is -1.18. The second kappa shape index (κ2) is 7.15. The molecule has 4 rings (SSSR count). The van der Waals surface area contributed by atoms with Crippen molar-refractivity contribution >= 4 is 0 Å². The molecule has 23 heavy (non-hydrogen) atoms. The van der Waals surface area contributed by atoms with E-state index in [9.17, 15) is 0 Å². The Morgan fingerprint density at radius 2 is 1.48 bits per heavy atom. The molecule has 4 atom stereocenters. The predicted octanol–water partition coefficient (Wildman–Crippen LogP) is 1.34. The predicted molar refractivity (Wildman–Crippen MR) is 80.7 cm³/mol. The Balaban J connectivity index is 1.30. The van der Waals surface area contributed by atoms with Crippen molar-refractivity contribution in [2.45, 2.75) is 24.4 Å². The third-order valence-corrected chi connectivity index (χ3v) is 3.95. The average molecular weight is 322 g/mol. The van der Waals surface area contributed by atoms with Gasteiger partial charge in [-0.1, -0.05) is 12.1 Å². The normalized spacial score (nSPS) is 29.1. The van der Waals surface area contributed by atoms with E-state index in [1.807, 2.05) is 24.3 Å². The van der Waals surface area contributed by atoms with Crippen LogP contribution >= 0.6 is 0 Å². The van der Waals surface area contributed by atoms with Crippen LogP contribution in [0.25, 0.3) is 0 Å². The van der Waals surface area contributed by atoms with Gasteiger partial charge in [-0.15, -0.1) is 0 Å². The Labute approximate surface area is 135 Å². The van der Waals surface area contributed by atoms with Gasteiger partial charge in [0.1, 0.15) is 36.8 Å². The largest absolute Gasteiger partial charge is 0.491 e. The van der Waals surface area contributed by atoms with Gasteiger partial charge in [-0.05, 0) is 17.7 Å². The van der Waals surface area contributed by atoms with E-state index in [-0.39, 0.29) is 24.4 Å². The van der Waals surface area contributed by atoms with E-state index in [2.05, 4.69) is 0 Å². The SMILES string of the molecule is c1cc(C(COCC2CO2)OCC2CO2)ccc1OCC1CO1. The van der Waals surface area contributed by atoms with Gasteiger partial charge in [-0.2, -0.15) is 0 Å². The zero-order valence-corrected chi connectivity index (χ0v) is 13.0. The van der Waals surface area contributed by atoms with Gasteiger partial charge in [0.2, 0.25) is 0 Å². The number of ether oxygens (including phenoxy) is 6. The Morgan fingerprint density at radius 3 is 2.13 bits per heavy atom. The third-order valence-electron chi connectivity index (χ3n) is 3.95. The molecule has 0 N–H and O–H groups in total. The molecule has 0 bridgehead atoms. The number of benzene rings is 1. The third kappa shape index (κ3) is 5.16. The van der Waals surface area contributed by atoms with Crippen LogP contribution in [0.1, 0.15) is 11.7 Å². The van der Waals surface area contributed by atoms with Crippen LogP contribution in [0.15, 0.2) is 24.3 Å². The highest BCUT2D eigenvalue weighted by Gasteiger charge is 2.27. The van der Waals surface area contributed by atoms with Crippen molar-refractivity contribution in [3.05, 3.63) is 29.8 Å². The number of rotatable bonds is 11. The van der Waals surface area contributed by atoms with E-state index in [0.717, 1.165) is 31.1 Å². The monoisotopic (exact) mass is 322 g/mol. The topological polar surface area (TPSA) is 65.3 Å². The lowest BCUT2D eigenvalue weighted by Gasteiger charge is -2.18. The molecule has 0 aromatic heterocycles. The lowest BCUT2D eigenvalue weighted by atomic mass is 10.1. The van der Waals surface area contributed by atoms with Crippen LogP contribution in [-0.4, -0.2) is 64.6 Å². The van der Waals surface area contributed by atoms with E-state index in [0.29, 0.717) is 26.4 Å². The maximum atomic E-state index is 5.95. The summed E-state index contributed by atoms with van der Waals surface area (Å²) in [5.41, 5.74) is 1.08. The summed E-state index contributed by atoms with van der Waals surface area (Å²) in [4.78, 5) is 0. The average Bonchev–Trinajstić information content (AvgIpc) is 3.43. The zero-order valence-electron chi connectivity index (χ0n) is 13.0. The van der Waals surface area contributed by atoms with Crippen LogP contribution < -0.4 is 4.74 Å². The van der Waals surface area contributed by atoms with Crippen LogP contribution in [0.3, 0.4) is 0 Å². The van der Waals surface area contributed by atoms with E-state index in [1.54, 1.807) is 0 Å². The fourth-order valence-corrected chi connectivity index (χ4v) is 2.23. The highest BCUT2D eigenvalue weighted by atomic mass is 16.6. The molecule has 0 radical (unpaired) electrons. The summed E-state index contributed by atoms with van der Waals surface area (Å²) >= 11 is 0. The lowest BCUT2D eigenvalue weighted by molar-refractivity contribution is -0.0258. The molecule has 4 unspecified atom stereocenters. The molecule has 1 aromatic carbocycles. The second-order valence-corrected chi connectivity index (χ2v) is 6.11. The minimum atomic E-state index is -0.0984. The first-order chi connectivity index (χ1) is 11.4. The molecule has 0 aliphatic carbocycles. The smallest absolute Gasteiger partial charge is 0.119 e. The summed E-state index contributed by atoms with van der Waals surface area (Å²) in [6.45, 7) is 4.76. The molecule has 3 aliphatic rings. The Kier molecular flexibility index (Phi) is 4.77. The van der Waals surface area contributed by atoms with Crippen molar-refractivity contribution in [2.24, 2.45) is 0 Å². The van der Waals surface area contributed by atoms with Gasteiger partial charge in [0.05, 0.1) is 39.6 Å². The van der Waals surface area contributed by atoms with E-state index < -0.39 is 0 Å². The number of epoxide rings is 3. The van der Waals surface area contributed by atoms with Gasteiger partial charge < -0.3 is 28.4 Å². The lowest BCUT2D eigenvalue weighted by Crippen LogP contribution is -2.16. The van der Waals surface area contributed by atoms with Crippen molar-refractivity contribution in [3.63, 3.8) is 0 Å². The molecule has 3 fully saturated rings. The Bertz CT molecular complexity index is 492. The van der Waals surface area contributed by atoms with Gasteiger partial charge in [-0.3, -0.25) is 0 Å². The van der Waals surface area contributed by atoms with E-state index >= 15 is 0 Å². The van der Waals surface area contributed by atoms with Crippen molar-refractivity contribution in [3.8, 4) is 5.75 Å². The first-order valence-corrected chi connectivity index (χ1v) is 8.14. The molecule has 0 saturated carbocycles. The zero-order chi connectivity index (χ0) is 15.5. The quantitative estimate of drug-likeness (QED) is 0.573. The first kappa shape index (κ1) is 15.4. The van der Waals surface area contributed by atoms with E-state index in [4.69, 9.17) is 28.4 Å². The van der Waals surface area contributed by atoms with Crippen LogP contribution in [0.4, 0.5) is 0 Å². The van der Waals surface area contributed by atoms with Gasteiger partial charge >= 0.3 is 0 Å². The van der Waals surface area contributed by atoms with E-state index in [1.165, 1.54) is 0 Å². The van der Waals surface area contributed by atoms with Crippen LogP contribution in [0.2, 0.25) is 0 Å². The van der Waals surface area contributed by atoms with Crippen molar-refractivity contribution in [2.75, 3.05) is 46.2 Å². The molecule has 3 heterocycles. The van der Waals surface area contributed by atoms with Crippen molar-refractivity contribution in [1.29, 1.82) is 0 Å². The molecule has 3 saturated heterocycles. The van der Waals surface area contributed by atoms with Crippen molar-refractivity contribution in [1.82, 2.24) is 0 Å². The standard InChI is InChI=1S/C17H22O6/c1-3-13(19-7-15-8-21-15)4-2-12(1)17(23-10-16-9-22-16)11-18-5-14-6-20-14/h1-4,14-17H,5-11H2. The minimum absolute atomic E-state index is 0.0984. The van der Waals surface area contributed by atoms with Gasteiger partial charge in [0.15, 0.2) is 0 Å². The molecular formula is C17H22O6. The van der Waals surface area contributed by atoms with Gasteiger partial charge in [0.25, 0.3) is 0 Å². The summed E-state index contributed by atoms with van der Waals surface area (Å²) in [5.74, 6) is 0.848. The number of hydrogen-bond acceptors (Lipinski definition) is 6. The summed E-state index contributed by atoms with van der Waals surface area (Å²) in [6, 6.07) is 7.98. The summed E-state index contributed by atoms with van der Waals surface area (Å²) in [6.07, 6.45) is 0.675. The molecule has 3 aliphatic heterocycles. The molecule has 6 nitrogen and oxygen atoms in total. The van der Waals surface area contributed by atoms with Gasteiger partial charge in [-0.25, -0.2) is 0 Å². The maximum Gasteiger partial charge on any atom is 0.119 e. The van der Waals surface area contributed by atoms with Crippen LogP contribution in [0.5, 0.6) is 5.75 Å². The molecule has 1 aromatic rings. The molecular weight excluding hydrogens is 300 g/mol. The fourth-order valence-electron chi connectivity index (χ4n) is 2.23. The van der Waals surface area contributed by atoms with Crippen LogP contribution in [0, 0.1) is 0 Å². The molecule has 6 heteroatoms. The first-order valence-electron chi connectivity index (χ1n) is 8.14. The summed E-state index contributed by atoms with van der Waals surface area (Å²) < 4.78 is 32.8. The summed E-state index contributed by atoms with van der Waals surface area (Å²) in [5, 5.41) is 0. The van der Waals surface area contributed by atoms with Crippen LogP contribution in [-0.2, 0) is 23.7 Å². The highest BCUT2D eigenvalue weighted by molar-refractivity contribution is 5.28. The molecule has 0 spiro atoms. The summed E-state index contributed by atoms with van der Waals surface area (Å²) in [7, 11) is 0.